The van der Waals surface area contributed by atoms with E-state index in [1.165, 1.54) is 11.1 Å². The van der Waals surface area contributed by atoms with Crippen LogP contribution < -0.4 is 5.32 Å². The Morgan fingerprint density at radius 2 is 2.25 bits per heavy atom. The molecule has 2 rings (SSSR count). The number of carbonyl (C=O) groups excluding carboxylic acids is 1. The lowest BCUT2D eigenvalue weighted by atomic mass is 9.90. The first-order chi connectivity index (χ1) is 9.57. The van der Waals surface area contributed by atoms with Crippen molar-refractivity contribution < 1.29 is 4.79 Å². The first-order valence-corrected chi connectivity index (χ1v) is 7.63. The van der Waals surface area contributed by atoms with Gasteiger partial charge in [0.15, 0.2) is 0 Å². The van der Waals surface area contributed by atoms with E-state index in [1.807, 2.05) is 11.9 Å². The standard InChI is InChI=1S/C17H26N2O/c1-4-9-17(10-6-11-18-17)16(20)19(3)13-15-8-5-7-14(2)12-15/h5,7-8,12,18H,4,6,9-11,13H2,1-3H3. The molecule has 0 aromatic heterocycles. The molecular formula is C17H26N2O. The monoisotopic (exact) mass is 274 g/mol. The van der Waals surface area contributed by atoms with Crippen LogP contribution in [0, 0.1) is 6.92 Å². The Morgan fingerprint density at radius 3 is 2.85 bits per heavy atom. The zero-order chi connectivity index (χ0) is 14.6. The number of hydrogen-bond donors (Lipinski definition) is 1. The Hall–Kier alpha value is -1.35. The van der Waals surface area contributed by atoms with Crippen LogP contribution in [0.25, 0.3) is 0 Å². The van der Waals surface area contributed by atoms with Crippen molar-refractivity contribution in [2.24, 2.45) is 0 Å². The molecule has 1 aromatic carbocycles. The van der Waals surface area contributed by atoms with E-state index in [-0.39, 0.29) is 11.4 Å². The Bertz CT molecular complexity index is 464. The molecule has 1 aromatic rings. The van der Waals surface area contributed by atoms with Crippen LogP contribution in [0.1, 0.15) is 43.7 Å². The molecule has 1 aliphatic heterocycles. The number of amides is 1. The van der Waals surface area contributed by atoms with Crippen LogP contribution in [0.5, 0.6) is 0 Å². The number of nitrogens with one attached hydrogen (secondary N) is 1. The molecule has 1 saturated heterocycles. The van der Waals surface area contributed by atoms with E-state index in [0.29, 0.717) is 6.54 Å². The highest BCUT2D eigenvalue weighted by atomic mass is 16.2. The lowest BCUT2D eigenvalue weighted by Gasteiger charge is -2.32. The summed E-state index contributed by atoms with van der Waals surface area (Å²) in [5.41, 5.74) is 2.13. The minimum Gasteiger partial charge on any atom is -0.340 e. The Kier molecular flexibility index (Phi) is 4.81. The highest BCUT2D eigenvalue weighted by molar-refractivity contribution is 5.86. The molecule has 0 saturated carbocycles. The van der Waals surface area contributed by atoms with Crippen LogP contribution in [-0.2, 0) is 11.3 Å². The van der Waals surface area contributed by atoms with Gasteiger partial charge in [-0.15, -0.1) is 0 Å². The fourth-order valence-corrected chi connectivity index (χ4v) is 3.26. The summed E-state index contributed by atoms with van der Waals surface area (Å²) in [7, 11) is 1.92. The molecule has 20 heavy (non-hydrogen) atoms. The molecule has 0 aliphatic carbocycles. The minimum atomic E-state index is -0.312. The van der Waals surface area contributed by atoms with Crippen molar-refractivity contribution in [1.29, 1.82) is 0 Å². The van der Waals surface area contributed by atoms with E-state index in [9.17, 15) is 4.79 Å². The Balaban J connectivity index is 2.07. The quantitative estimate of drug-likeness (QED) is 0.895. The largest absolute Gasteiger partial charge is 0.340 e. The molecule has 1 amide bonds. The van der Waals surface area contributed by atoms with Crippen LogP contribution in [0.4, 0.5) is 0 Å². The molecule has 1 aliphatic rings. The summed E-state index contributed by atoms with van der Waals surface area (Å²) < 4.78 is 0. The van der Waals surface area contributed by atoms with E-state index in [1.54, 1.807) is 0 Å². The third kappa shape index (κ3) is 3.21. The molecule has 3 heteroatoms. The predicted molar refractivity (Wildman–Crippen MR) is 82.5 cm³/mol. The van der Waals surface area contributed by atoms with E-state index in [2.05, 4.69) is 43.4 Å². The van der Waals surface area contributed by atoms with Gasteiger partial charge in [0, 0.05) is 13.6 Å². The number of rotatable bonds is 5. The molecule has 1 atom stereocenters. The molecule has 1 fully saturated rings. The van der Waals surface area contributed by atoms with Gasteiger partial charge in [0.2, 0.25) is 5.91 Å². The van der Waals surface area contributed by atoms with Gasteiger partial charge in [-0.2, -0.15) is 0 Å². The summed E-state index contributed by atoms with van der Waals surface area (Å²) in [6.45, 7) is 5.88. The Labute approximate surface area is 122 Å². The van der Waals surface area contributed by atoms with Crippen molar-refractivity contribution in [3.05, 3.63) is 35.4 Å². The highest BCUT2D eigenvalue weighted by Crippen LogP contribution is 2.27. The van der Waals surface area contributed by atoms with Crippen LogP contribution in [0.2, 0.25) is 0 Å². The van der Waals surface area contributed by atoms with Gasteiger partial charge >= 0.3 is 0 Å². The summed E-state index contributed by atoms with van der Waals surface area (Å²) in [6, 6.07) is 8.38. The molecule has 110 valence electrons. The first kappa shape index (κ1) is 15.0. The van der Waals surface area contributed by atoms with E-state index in [4.69, 9.17) is 0 Å². The zero-order valence-corrected chi connectivity index (χ0v) is 12.9. The maximum absolute atomic E-state index is 12.8. The maximum atomic E-state index is 12.8. The van der Waals surface area contributed by atoms with Gasteiger partial charge in [0.05, 0.1) is 5.54 Å². The predicted octanol–water partition coefficient (Wildman–Crippen LogP) is 2.88. The molecule has 1 N–H and O–H groups in total. The van der Waals surface area contributed by atoms with E-state index in [0.717, 1.165) is 32.2 Å². The third-order valence-electron chi connectivity index (χ3n) is 4.18. The first-order valence-electron chi connectivity index (χ1n) is 7.63. The fourth-order valence-electron chi connectivity index (χ4n) is 3.26. The fraction of sp³-hybridized carbons (Fsp3) is 0.588. The second-order valence-corrected chi connectivity index (χ2v) is 6.01. The number of nitrogens with zero attached hydrogens (tertiary/aromatic N) is 1. The van der Waals surface area contributed by atoms with Gasteiger partial charge in [-0.3, -0.25) is 4.79 Å². The van der Waals surface area contributed by atoms with Gasteiger partial charge in [0.1, 0.15) is 0 Å². The third-order valence-corrected chi connectivity index (χ3v) is 4.18. The number of benzene rings is 1. The van der Waals surface area contributed by atoms with Crippen molar-refractivity contribution in [2.75, 3.05) is 13.6 Å². The molecule has 1 unspecified atom stereocenters. The van der Waals surface area contributed by atoms with Crippen molar-refractivity contribution in [2.45, 2.75) is 51.6 Å². The molecule has 3 nitrogen and oxygen atoms in total. The van der Waals surface area contributed by atoms with Gasteiger partial charge in [-0.05, 0) is 38.3 Å². The second kappa shape index (κ2) is 6.40. The molecular weight excluding hydrogens is 248 g/mol. The van der Waals surface area contributed by atoms with Gasteiger partial charge < -0.3 is 10.2 Å². The molecule has 1 heterocycles. The highest BCUT2D eigenvalue weighted by Gasteiger charge is 2.41. The van der Waals surface area contributed by atoms with Crippen LogP contribution in [0.3, 0.4) is 0 Å². The summed E-state index contributed by atoms with van der Waals surface area (Å²) in [4.78, 5) is 14.7. The average Bonchev–Trinajstić information content (AvgIpc) is 2.88. The Morgan fingerprint density at radius 1 is 1.45 bits per heavy atom. The van der Waals surface area contributed by atoms with Gasteiger partial charge in [-0.1, -0.05) is 43.2 Å². The molecule has 0 radical (unpaired) electrons. The molecule has 0 spiro atoms. The van der Waals surface area contributed by atoms with Gasteiger partial charge in [-0.25, -0.2) is 0 Å². The number of likely N-dealkylation sites (N-methyl/N-ethyl adjacent to an activating group) is 1. The topological polar surface area (TPSA) is 32.3 Å². The summed E-state index contributed by atoms with van der Waals surface area (Å²) in [6.07, 6.45) is 4.04. The number of aryl methyl sites for hydroxylation is 1. The summed E-state index contributed by atoms with van der Waals surface area (Å²) in [5, 5.41) is 3.46. The van der Waals surface area contributed by atoms with E-state index >= 15 is 0 Å². The smallest absolute Gasteiger partial charge is 0.242 e. The number of carbonyl (C=O) groups is 1. The maximum Gasteiger partial charge on any atom is 0.242 e. The summed E-state index contributed by atoms with van der Waals surface area (Å²) >= 11 is 0. The molecule has 0 bridgehead atoms. The lowest BCUT2D eigenvalue weighted by Crippen LogP contribution is -2.53. The van der Waals surface area contributed by atoms with E-state index < -0.39 is 0 Å². The van der Waals surface area contributed by atoms with Crippen molar-refractivity contribution in [3.63, 3.8) is 0 Å². The number of hydrogen-bond acceptors (Lipinski definition) is 2. The normalized spacial score (nSPS) is 21.9. The van der Waals surface area contributed by atoms with Crippen molar-refractivity contribution >= 4 is 5.91 Å². The van der Waals surface area contributed by atoms with Crippen LogP contribution in [-0.4, -0.2) is 29.9 Å². The zero-order valence-electron chi connectivity index (χ0n) is 12.9. The SMILES string of the molecule is CCCC1(C(=O)N(C)Cc2cccc(C)c2)CCCN1. The second-order valence-electron chi connectivity index (χ2n) is 6.01. The average molecular weight is 274 g/mol. The lowest BCUT2D eigenvalue weighted by molar-refractivity contribution is -0.137. The minimum absolute atomic E-state index is 0.248. The van der Waals surface area contributed by atoms with Gasteiger partial charge in [0.25, 0.3) is 0 Å². The summed E-state index contributed by atoms with van der Waals surface area (Å²) in [5.74, 6) is 0.248. The van der Waals surface area contributed by atoms with Crippen molar-refractivity contribution in [3.8, 4) is 0 Å². The van der Waals surface area contributed by atoms with Crippen LogP contribution >= 0.6 is 0 Å². The van der Waals surface area contributed by atoms with Crippen molar-refractivity contribution in [1.82, 2.24) is 10.2 Å². The van der Waals surface area contributed by atoms with Crippen LogP contribution in [0.15, 0.2) is 24.3 Å².